The smallest absolute Gasteiger partial charge is 0.326 e. The van der Waals surface area contributed by atoms with Crippen LogP contribution < -0.4 is 38.9 Å². The summed E-state index contributed by atoms with van der Waals surface area (Å²) in [6.07, 6.45) is 1.78. The Morgan fingerprint density at radius 2 is 1.43 bits per heavy atom. The van der Waals surface area contributed by atoms with Crippen LogP contribution in [0.15, 0.2) is 29.3 Å². The number of phenolic OH excluding ortho intramolecular Hbond substituents is 1. The van der Waals surface area contributed by atoms with Crippen LogP contribution in [0.5, 0.6) is 5.75 Å². The number of hydrogen-bond acceptors (Lipinski definition) is 8. The molecule has 0 aromatic heterocycles. The quantitative estimate of drug-likeness (QED) is 0.0595. The van der Waals surface area contributed by atoms with Crippen molar-refractivity contribution in [2.24, 2.45) is 27.9 Å². The first-order valence-electron chi connectivity index (χ1n) is 11.9. The topological polar surface area (TPSA) is 261 Å². The number of rotatable bonds is 17. The van der Waals surface area contributed by atoms with Crippen molar-refractivity contribution in [3.05, 3.63) is 29.8 Å². The van der Waals surface area contributed by atoms with E-state index in [1.54, 1.807) is 12.1 Å². The molecule has 13 N–H and O–H groups in total. The number of guanidine groups is 1. The van der Waals surface area contributed by atoms with Gasteiger partial charge < -0.3 is 49.1 Å². The zero-order valence-electron chi connectivity index (χ0n) is 20.7. The standard InChI is InChI=1S/C23H38N8O6/c24-10-2-1-4-16(29-19(33)13-25)20(34)31-18(12-14-6-8-15(32)9-7-14)21(35)30-17(22(36)37)5-3-11-28-23(26)27/h6-9,16-18,32H,1-5,10-13,24-25H2,(H,29,33)(H,30,35)(H,31,34)(H,36,37)(H4,26,27,28). The number of nitrogens with two attached hydrogens (primary N) is 4. The molecule has 206 valence electrons. The molecule has 3 amide bonds. The Morgan fingerprint density at radius 3 is 2.00 bits per heavy atom. The summed E-state index contributed by atoms with van der Waals surface area (Å²) in [4.78, 5) is 53.6. The average Bonchev–Trinajstić information content (AvgIpc) is 2.85. The van der Waals surface area contributed by atoms with E-state index in [1.165, 1.54) is 12.1 Å². The predicted molar refractivity (Wildman–Crippen MR) is 137 cm³/mol. The summed E-state index contributed by atoms with van der Waals surface area (Å²) in [7, 11) is 0. The third kappa shape index (κ3) is 12.6. The molecule has 0 aliphatic heterocycles. The summed E-state index contributed by atoms with van der Waals surface area (Å²) in [5.41, 5.74) is 22.0. The van der Waals surface area contributed by atoms with Gasteiger partial charge in [0, 0.05) is 13.0 Å². The number of nitrogens with zero attached hydrogens (tertiary/aromatic N) is 1. The number of unbranched alkanes of at least 4 members (excludes halogenated alkanes) is 1. The Kier molecular flexibility index (Phi) is 14.1. The zero-order chi connectivity index (χ0) is 27.8. The number of carbonyl (C=O) groups is 4. The SMILES string of the molecule is NCCCCC(NC(=O)CN)C(=O)NC(Cc1ccc(O)cc1)C(=O)NC(CCCN=C(N)N)C(=O)O. The van der Waals surface area contributed by atoms with E-state index < -0.39 is 41.8 Å². The number of phenols is 1. The second-order valence-corrected chi connectivity index (χ2v) is 8.39. The lowest BCUT2D eigenvalue weighted by molar-refractivity contribution is -0.142. The van der Waals surface area contributed by atoms with Gasteiger partial charge >= 0.3 is 5.97 Å². The molecule has 37 heavy (non-hydrogen) atoms. The third-order valence-electron chi connectivity index (χ3n) is 5.35. The van der Waals surface area contributed by atoms with E-state index in [2.05, 4.69) is 20.9 Å². The number of hydrogen-bond donors (Lipinski definition) is 9. The van der Waals surface area contributed by atoms with Crippen LogP contribution in [0.3, 0.4) is 0 Å². The van der Waals surface area contributed by atoms with Crippen molar-refractivity contribution in [1.82, 2.24) is 16.0 Å². The van der Waals surface area contributed by atoms with E-state index in [9.17, 15) is 29.4 Å². The summed E-state index contributed by atoms with van der Waals surface area (Å²) < 4.78 is 0. The first-order valence-corrected chi connectivity index (χ1v) is 11.9. The molecule has 0 radical (unpaired) electrons. The van der Waals surface area contributed by atoms with Crippen LogP contribution in [-0.4, -0.2) is 77.6 Å². The van der Waals surface area contributed by atoms with Gasteiger partial charge in [0.15, 0.2) is 5.96 Å². The zero-order valence-corrected chi connectivity index (χ0v) is 20.7. The van der Waals surface area contributed by atoms with Crippen molar-refractivity contribution in [3.63, 3.8) is 0 Å². The second-order valence-electron chi connectivity index (χ2n) is 8.39. The number of aromatic hydroxyl groups is 1. The molecule has 14 heteroatoms. The molecular formula is C23H38N8O6. The Morgan fingerprint density at radius 1 is 0.838 bits per heavy atom. The van der Waals surface area contributed by atoms with Crippen LogP contribution in [0.2, 0.25) is 0 Å². The summed E-state index contributed by atoms with van der Waals surface area (Å²) >= 11 is 0. The highest BCUT2D eigenvalue weighted by molar-refractivity contribution is 5.93. The molecule has 0 saturated carbocycles. The van der Waals surface area contributed by atoms with Crippen molar-refractivity contribution < 1.29 is 29.4 Å². The van der Waals surface area contributed by atoms with E-state index in [-0.39, 0.29) is 44.1 Å². The molecule has 3 atom stereocenters. The van der Waals surface area contributed by atoms with Crippen LogP contribution in [0.4, 0.5) is 0 Å². The highest BCUT2D eigenvalue weighted by atomic mass is 16.4. The normalized spacial score (nSPS) is 13.0. The summed E-state index contributed by atoms with van der Waals surface area (Å²) in [6.45, 7) is 0.268. The number of aliphatic carboxylic acids is 1. The molecule has 0 spiro atoms. The van der Waals surface area contributed by atoms with Crippen molar-refractivity contribution in [3.8, 4) is 5.75 Å². The first kappa shape index (κ1) is 31.1. The van der Waals surface area contributed by atoms with E-state index in [0.29, 0.717) is 31.4 Å². The van der Waals surface area contributed by atoms with Gasteiger partial charge in [-0.15, -0.1) is 0 Å². The van der Waals surface area contributed by atoms with Gasteiger partial charge in [-0.1, -0.05) is 12.1 Å². The minimum atomic E-state index is -1.26. The first-order chi connectivity index (χ1) is 17.6. The fourth-order valence-corrected chi connectivity index (χ4v) is 3.40. The number of carboxylic acids is 1. The van der Waals surface area contributed by atoms with Crippen LogP contribution in [-0.2, 0) is 25.6 Å². The number of aliphatic imine (C=N–C) groups is 1. The van der Waals surface area contributed by atoms with Gasteiger partial charge in [0.25, 0.3) is 0 Å². The summed E-state index contributed by atoms with van der Waals surface area (Å²) in [5, 5.41) is 26.7. The predicted octanol–water partition coefficient (Wildman–Crippen LogP) is -2.38. The molecule has 1 aromatic carbocycles. The molecule has 3 unspecified atom stereocenters. The van der Waals surface area contributed by atoms with Crippen LogP contribution >= 0.6 is 0 Å². The lowest BCUT2D eigenvalue weighted by Crippen LogP contribution is -2.56. The Balaban J connectivity index is 3.06. The van der Waals surface area contributed by atoms with E-state index in [1.807, 2.05) is 0 Å². The third-order valence-corrected chi connectivity index (χ3v) is 5.35. The molecule has 0 saturated heterocycles. The molecule has 0 bridgehead atoms. The Hall–Kier alpha value is -3.91. The second kappa shape index (κ2) is 16.7. The van der Waals surface area contributed by atoms with Gasteiger partial charge in [-0.2, -0.15) is 0 Å². The summed E-state index contributed by atoms with van der Waals surface area (Å²) in [5.74, 6) is -3.28. The van der Waals surface area contributed by atoms with E-state index in [4.69, 9.17) is 22.9 Å². The van der Waals surface area contributed by atoms with Gasteiger partial charge in [-0.3, -0.25) is 19.4 Å². The molecular weight excluding hydrogens is 484 g/mol. The van der Waals surface area contributed by atoms with Gasteiger partial charge in [-0.05, 0) is 56.3 Å². The molecule has 1 aromatic rings. The molecule has 0 fully saturated rings. The fraction of sp³-hybridized carbons (Fsp3) is 0.522. The van der Waals surface area contributed by atoms with Gasteiger partial charge in [0.2, 0.25) is 17.7 Å². The molecule has 1 rings (SSSR count). The van der Waals surface area contributed by atoms with Gasteiger partial charge in [0.05, 0.1) is 6.54 Å². The van der Waals surface area contributed by atoms with Crippen LogP contribution in [0.25, 0.3) is 0 Å². The lowest BCUT2D eigenvalue weighted by Gasteiger charge is -2.24. The highest BCUT2D eigenvalue weighted by Crippen LogP contribution is 2.12. The maximum atomic E-state index is 13.1. The Bertz CT molecular complexity index is 920. The van der Waals surface area contributed by atoms with Crippen molar-refractivity contribution in [2.45, 2.75) is 56.7 Å². The highest BCUT2D eigenvalue weighted by Gasteiger charge is 2.29. The largest absolute Gasteiger partial charge is 0.508 e. The van der Waals surface area contributed by atoms with Crippen molar-refractivity contribution >= 4 is 29.7 Å². The maximum absolute atomic E-state index is 13.1. The number of nitrogens with one attached hydrogen (secondary N) is 3. The Labute approximate surface area is 215 Å². The molecule has 0 aliphatic carbocycles. The van der Waals surface area contributed by atoms with Crippen LogP contribution in [0.1, 0.15) is 37.7 Å². The van der Waals surface area contributed by atoms with Crippen molar-refractivity contribution in [1.29, 1.82) is 0 Å². The number of benzene rings is 1. The van der Waals surface area contributed by atoms with E-state index in [0.717, 1.165) is 0 Å². The minimum Gasteiger partial charge on any atom is -0.508 e. The fourth-order valence-electron chi connectivity index (χ4n) is 3.40. The van der Waals surface area contributed by atoms with E-state index >= 15 is 0 Å². The number of carbonyl (C=O) groups excluding carboxylic acids is 3. The van der Waals surface area contributed by atoms with Crippen LogP contribution in [0, 0.1) is 0 Å². The summed E-state index contributed by atoms with van der Waals surface area (Å²) in [6, 6.07) is 2.59. The average molecular weight is 523 g/mol. The van der Waals surface area contributed by atoms with Gasteiger partial charge in [0.1, 0.15) is 23.9 Å². The number of amides is 3. The molecule has 14 nitrogen and oxygen atoms in total. The lowest BCUT2D eigenvalue weighted by atomic mass is 10.0. The molecule has 0 aliphatic rings. The van der Waals surface area contributed by atoms with Gasteiger partial charge in [-0.25, -0.2) is 4.79 Å². The maximum Gasteiger partial charge on any atom is 0.326 e. The molecule has 0 heterocycles. The minimum absolute atomic E-state index is 0.00144. The van der Waals surface area contributed by atoms with Crippen molar-refractivity contribution in [2.75, 3.05) is 19.6 Å². The number of carboxylic acid groups (broad SMARTS) is 1. The monoisotopic (exact) mass is 522 g/mol.